The highest BCUT2D eigenvalue weighted by molar-refractivity contribution is 5.95. The van der Waals surface area contributed by atoms with E-state index in [1.807, 2.05) is 6.92 Å². The molecular formula is C21H32N2O4. The first-order chi connectivity index (χ1) is 13.0. The first kappa shape index (κ1) is 19.9. The van der Waals surface area contributed by atoms with Crippen LogP contribution in [0.2, 0.25) is 0 Å². The highest BCUT2D eigenvalue weighted by Gasteiger charge is 2.26. The maximum absolute atomic E-state index is 13.0. The van der Waals surface area contributed by atoms with E-state index in [0.29, 0.717) is 36.9 Å². The molecule has 2 fully saturated rings. The van der Waals surface area contributed by atoms with Gasteiger partial charge in [0.15, 0.2) is 0 Å². The number of nitrogens with one attached hydrogen (secondary N) is 1. The molecule has 0 radical (unpaired) electrons. The van der Waals surface area contributed by atoms with E-state index >= 15 is 0 Å². The summed E-state index contributed by atoms with van der Waals surface area (Å²) in [5, 5.41) is 3.14. The van der Waals surface area contributed by atoms with Gasteiger partial charge in [0, 0.05) is 32.2 Å². The van der Waals surface area contributed by atoms with Crippen molar-refractivity contribution in [1.82, 2.24) is 10.2 Å². The van der Waals surface area contributed by atoms with Gasteiger partial charge in [-0.1, -0.05) is 19.3 Å². The summed E-state index contributed by atoms with van der Waals surface area (Å²) >= 11 is 0. The van der Waals surface area contributed by atoms with Crippen LogP contribution >= 0.6 is 0 Å². The minimum absolute atomic E-state index is 0.0344. The molecule has 1 N–H and O–H groups in total. The summed E-state index contributed by atoms with van der Waals surface area (Å²) in [5.41, 5.74) is 0.582. The lowest BCUT2D eigenvalue weighted by molar-refractivity contribution is -0.122. The Hall–Kier alpha value is -1.82. The number of rotatable bonds is 7. The van der Waals surface area contributed by atoms with Gasteiger partial charge in [0.25, 0.3) is 5.91 Å². The maximum Gasteiger partial charge on any atom is 0.257 e. The second-order valence-electron chi connectivity index (χ2n) is 7.87. The van der Waals surface area contributed by atoms with Crippen molar-refractivity contribution < 1.29 is 18.7 Å². The highest BCUT2D eigenvalue weighted by Crippen LogP contribution is 2.20. The van der Waals surface area contributed by atoms with Crippen LogP contribution in [-0.2, 0) is 9.53 Å². The van der Waals surface area contributed by atoms with Gasteiger partial charge in [-0.25, -0.2) is 0 Å². The summed E-state index contributed by atoms with van der Waals surface area (Å²) in [6.45, 7) is 5.32. The molecular weight excluding hydrogens is 344 g/mol. The summed E-state index contributed by atoms with van der Waals surface area (Å²) in [6, 6.07) is 2.08. The fourth-order valence-corrected chi connectivity index (χ4v) is 4.11. The van der Waals surface area contributed by atoms with E-state index in [4.69, 9.17) is 9.15 Å². The van der Waals surface area contributed by atoms with Crippen molar-refractivity contribution in [3.05, 3.63) is 23.2 Å². The van der Waals surface area contributed by atoms with Gasteiger partial charge in [0.2, 0.25) is 5.91 Å². The number of ether oxygens (including phenoxy) is 1. The quantitative estimate of drug-likeness (QED) is 0.792. The van der Waals surface area contributed by atoms with Crippen molar-refractivity contribution >= 4 is 11.8 Å². The van der Waals surface area contributed by atoms with Crippen LogP contribution in [0.25, 0.3) is 0 Å². The summed E-state index contributed by atoms with van der Waals surface area (Å²) in [6.07, 6.45) is 8.14. The number of hydrogen-bond acceptors (Lipinski definition) is 4. The van der Waals surface area contributed by atoms with Gasteiger partial charge >= 0.3 is 0 Å². The molecule has 1 saturated heterocycles. The Morgan fingerprint density at radius 3 is 2.56 bits per heavy atom. The van der Waals surface area contributed by atoms with Crippen molar-refractivity contribution in [1.29, 1.82) is 0 Å². The zero-order chi connectivity index (χ0) is 19.2. The van der Waals surface area contributed by atoms with E-state index in [1.54, 1.807) is 17.9 Å². The molecule has 2 amide bonds. The molecule has 150 valence electrons. The molecule has 0 bridgehead atoms. The topological polar surface area (TPSA) is 71.8 Å². The Bertz CT molecular complexity index is 643. The molecule has 1 aromatic heterocycles. The number of carbonyl (C=O) groups excluding carboxylic acids is 2. The number of hydrogen-bond donors (Lipinski definition) is 1. The second-order valence-corrected chi connectivity index (χ2v) is 7.87. The Balaban J connectivity index is 1.59. The number of furan rings is 1. The molecule has 0 spiro atoms. The maximum atomic E-state index is 13.0. The molecule has 1 aromatic rings. The minimum atomic E-state index is -0.0784. The van der Waals surface area contributed by atoms with Crippen LogP contribution < -0.4 is 5.32 Å². The molecule has 1 aliphatic heterocycles. The summed E-state index contributed by atoms with van der Waals surface area (Å²) in [4.78, 5) is 27.2. The van der Waals surface area contributed by atoms with Crippen LogP contribution in [0, 0.1) is 13.8 Å². The van der Waals surface area contributed by atoms with Crippen LogP contribution in [0.3, 0.4) is 0 Å². The lowest BCUT2D eigenvalue weighted by atomic mass is 9.95. The number of aryl methyl sites for hydroxylation is 2. The first-order valence-electron chi connectivity index (χ1n) is 10.3. The van der Waals surface area contributed by atoms with Gasteiger partial charge in [0.05, 0.1) is 11.7 Å². The molecule has 1 unspecified atom stereocenters. The monoisotopic (exact) mass is 376 g/mol. The summed E-state index contributed by atoms with van der Waals surface area (Å²) in [5.74, 6) is 1.31. The van der Waals surface area contributed by atoms with E-state index in [0.717, 1.165) is 38.1 Å². The average Bonchev–Trinajstić information content (AvgIpc) is 3.28. The minimum Gasteiger partial charge on any atom is -0.466 e. The summed E-state index contributed by atoms with van der Waals surface area (Å²) in [7, 11) is 0. The van der Waals surface area contributed by atoms with Crippen molar-refractivity contribution in [2.45, 2.75) is 77.4 Å². The van der Waals surface area contributed by atoms with Crippen LogP contribution in [0.4, 0.5) is 0 Å². The van der Waals surface area contributed by atoms with E-state index in [2.05, 4.69) is 5.32 Å². The predicted molar refractivity (Wildman–Crippen MR) is 103 cm³/mol. The lowest BCUT2D eigenvalue weighted by Gasteiger charge is -2.26. The normalized spacial score (nSPS) is 20.6. The van der Waals surface area contributed by atoms with E-state index in [-0.39, 0.29) is 17.9 Å². The molecule has 6 nitrogen and oxygen atoms in total. The highest BCUT2D eigenvalue weighted by atomic mass is 16.5. The Kier molecular flexibility index (Phi) is 6.94. The largest absolute Gasteiger partial charge is 0.466 e. The first-order valence-corrected chi connectivity index (χ1v) is 10.3. The van der Waals surface area contributed by atoms with Crippen molar-refractivity contribution in [2.75, 3.05) is 19.7 Å². The Labute approximate surface area is 161 Å². The Morgan fingerprint density at radius 2 is 1.93 bits per heavy atom. The fourth-order valence-electron chi connectivity index (χ4n) is 4.11. The number of amides is 2. The lowest BCUT2D eigenvalue weighted by Crippen LogP contribution is -2.42. The SMILES string of the molecule is Cc1cc(C(=O)N(CCC(=O)NC2CCCCC2)CC2CCCO2)c(C)o1. The van der Waals surface area contributed by atoms with Gasteiger partial charge in [0.1, 0.15) is 11.5 Å². The standard InChI is InChI=1S/C21H32N2O4/c1-15-13-19(16(2)27-15)21(25)23(14-18-9-6-12-26-18)11-10-20(24)22-17-7-4-3-5-8-17/h13,17-18H,3-12,14H2,1-2H3,(H,22,24). The predicted octanol–water partition coefficient (Wildman–Crippen LogP) is 3.36. The average molecular weight is 376 g/mol. The summed E-state index contributed by atoms with van der Waals surface area (Å²) < 4.78 is 11.2. The van der Waals surface area contributed by atoms with Gasteiger partial charge in [-0.3, -0.25) is 9.59 Å². The molecule has 27 heavy (non-hydrogen) atoms. The molecule has 2 heterocycles. The molecule has 1 atom stereocenters. The zero-order valence-corrected chi connectivity index (χ0v) is 16.6. The van der Waals surface area contributed by atoms with Crippen LogP contribution in [0.1, 0.15) is 73.2 Å². The van der Waals surface area contributed by atoms with Crippen LogP contribution in [-0.4, -0.2) is 48.6 Å². The van der Waals surface area contributed by atoms with E-state index < -0.39 is 0 Å². The van der Waals surface area contributed by atoms with E-state index in [1.165, 1.54) is 19.3 Å². The van der Waals surface area contributed by atoms with Crippen molar-refractivity contribution in [3.8, 4) is 0 Å². The zero-order valence-electron chi connectivity index (χ0n) is 16.6. The van der Waals surface area contributed by atoms with Gasteiger partial charge in [-0.15, -0.1) is 0 Å². The van der Waals surface area contributed by atoms with Crippen LogP contribution in [0.15, 0.2) is 10.5 Å². The second kappa shape index (κ2) is 9.40. The van der Waals surface area contributed by atoms with Crippen molar-refractivity contribution in [3.63, 3.8) is 0 Å². The smallest absolute Gasteiger partial charge is 0.257 e. The third-order valence-electron chi connectivity index (χ3n) is 5.59. The van der Waals surface area contributed by atoms with Gasteiger partial charge < -0.3 is 19.4 Å². The van der Waals surface area contributed by atoms with Crippen molar-refractivity contribution in [2.24, 2.45) is 0 Å². The molecule has 1 aliphatic carbocycles. The number of nitrogens with zero attached hydrogens (tertiary/aromatic N) is 1. The third kappa shape index (κ3) is 5.58. The molecule has 3 rings (SSSR count). The third-order valence-corrected chi connectivity index (χ3v) is 5.59. The molecule has 1 saturated carbocycles. The number of carbonyl (C=O) groups is 2. The fraction of sp³-hybridized carbons (Fsp3) is 0.714. The van der Waals surface area contributed by atoms with E-state index in [9.17, 15) is 9.59 Å². The van der Waals surface area contributed by atoms with Gasteiger partial charge in [-0.05, 0) is 45.6 Å². The molecule has 0 aromatic carbocycles. The van der Waals surface area contributed by atoms with Crippen LogP contribution in [0.5, 0.6) is 0 Å². The molecule has 2 aliphatic rings. The molecule has 6 heteroatoms. The Morgan fingerprint density at radius 1 is 1.15 bits per heavy atom. The van der Waals surface area contributed by atoms with Gasteiger partial charge in [-0.2, -0.15) is 0 Å².